The van der Waals surface area contributed by atoms with E-state index in [9.17, 15) is 9.79 Å². The van der Waals surface area contributed by atoms with Crippen LogP contribution in [0.4, 0.5) is 0 Å². The average molecular weight is 437 g/mol. The molecular formula is C24H41N2O3P. The number of piperidine rings is 2. The van der Waals surface area contributed by atoms with Gasteiger partial charge < -0.3 is 24.9 Å². The molecule has 170 valence electrons. The van der Waals surface area contributed by atoms with Crippen LogP contribution in [0.1, 0.15) is 104 Å². The van der Waals surface area contributed by atoms with Crippen LogP contribution >= 0.6 is 8.60 Å². The lowest BCUT2D eigenvalue weighted by Crippen LogP contribution is -2.58. The van der Waals surface area contributed by atoms with Crippen molar-refractivity contribution < 1.29 is 14.3 Å². The van der Waals surface area contributed by atoms with E-state index in [2.05, 4.69) is 72.1 Å². The molecule has 2 fully saturated rings. The molecule has 1 aromatic rings. The fraction of sp³-hybridized carbons (Fsp3) is 0.750. The van der Waals surface area contributed by atoms with Crippen molar-refractivity contribution in [1.29, 1.82) is 0 Å². The van der Waals surface area contributed by atoms with Crippen molar-refractivity contribution in [2.24, 2.45) is 0 Å². The van der Waals surface area contributed by atoms with Gasteiger partial charge in [-0.3, -0.25) is 0 Å². The van der Waals surface area contributed by atoms with Crippen molar-refractivity contribution in [1.82, 2.24) is 10.6 Å². The van der Waals surface area contributed by atoms with Gasteiger partial charge in [-0.05, 0) is 105 Å². The van der Waals surface area contributed by atoms with Crippen LogP contribution in [-0.4, -0.2) is 31.9 Å². The molecule has 0 unspecified atom stereocenters. The second-order valence-electron chi connectivity index (χ2n) is 12.1. The topological polar surface area (TPSA) is 73.8 Å². The minimum absolute atomic E-state index is 0.00732. The van der Waals surface area contributed by atoms with Crippen molar-refractivity contribution in [3.05, 3.63) is 29.3 Å². The summed E-state index contributed by atoms with van der Waals surface area (Å²) < 4.78 is 5.61. The van der Waals surface area contributed by atoms with Crippen LogP contribution in [-0.2, 0) is 0 Å². The Morgan fingerprint density at radius 2 is 1.20 bits per heavy atom. The summed E-state index contributed by atoms with van der Waals surface area (Å²) in [4.78, 5) is 19.4. The smallest absolute Gasteiger partial charge is 0.391 e. The SMILES string of the molecule is CC1(C)CC(c2cccc(OP(O)O)c2C2CC(C)(C)NC(C)(C)C2)CC(C)(C)N1. The Morgan fingerprint density at radius 1 is 0.767 bits per heavy atom. The predicted molar refractivity (Wildman–Crippen MR) is 125 cm³/mol. The van der Waals surface area contributed by atoms with E-state index in [1.165, 1.54) is 11.1 Å². The molecule has 0 radical (unpaired) electrons. The zero-order chi connectivity index (χ0) is 22.5. The van der Waals surface area contributed by atoms with E-state index in [0.717, 1.165) is 25.7 Å². The molecule has 0 aliphatic carbocycles. The van der Waals surface area contributed by atoms with E-state index >= 15 is 0 Å². The van der Waals surface area contributed by atoms with Crippen LogP contribution in [0.25, 0.3) is 0 Å². The van der Waals surface area contributed by atoms with Gasteiger partial charge in [-0.2, -0.15) is 0 Å². The molecule has 0 spiro atoms. The fourth-order valence-electron chi connectivity index (χ4n) is 6.59. The van der Waals surface area contributed by atoms with E-state index in [1.807, 2.05) is 12.1 Å². The summed E-state index contributed by atoms with van der Waals surface area (Å²) in [6, 6.07) is 6.15. The Morgan fingerprint density at radius 3 is 1.63 bits per heavy atom. The van der Waals surface area contributed by atoms with Crippen LogP contribution in [0.2, 0.25) is 0 Å². The number of hydrogen-bond donors (Lipinski definition) is 4. The van der Waals surface area contributed by atoms with E-state index < -0.39 is 8.60 Å². The summed E-state index contributed by atoms with van der Waals surface area (Å²) in [5.41, 5.74) is 2.54. The zero-order valence-electron chi connectivity index (χ0n) is 20.0. The third-order valence-corrected chi connectivity index (χ3v) is 6.87. The largest absolute Gasteiger partial charge is 0.427 e. The highest BCUT2D eigenvalue weighted by molar-refractivity contribution is 7.39. The van der Waals surface area contributed by atoms with Crippen molar-refractivity contribution in [3.63, 3.8) is 0 Å². The minimum atomic E-state index is -2.46. The molecule has 3 rings (SSSR count). The maximum absolute atomic E-state index is 9.68. The van der Waals surface area contributed by atoms with Gasteiger partial charge in [0, 0.05) is 27.7 Å². The Bertz CT molecular complexity index is 742. The van der Waals surface area contributed by atoms with Crippen LogP contribution in [0, 0.1) is 0 Å². The second-order valence-corrected chi connectivity index (χ2v) is 12.8. The maximum atomic E-state index is 9.68. The fourth-order valence-corrected chi connectivity index (χ4v) is 6.93. The highest BCUT2D eigenvalue weighted by atomic mass is 31.2. The lowest BCUT2D eigenvalue weighted by atomic mass is 9.67. The van der Waals surface area contributed by atoms with Gasteiger partial charge in [0.1, 0.15) is 5.75 Å². The Hall–Kier alpha value is -0.710. The minimum Gasteiger partial charge on any atom is -0.427 e. The molecular weight excluding hydrogens is 395 g/mol. The summed E-state index contributed by atoms with van der Waals surface area (Å²) in [7, 11) is -2.46. The molecule has 0 atom stereocenters. The number of nitrogens with one attached hydrogen (secondary N) is 2. The van der Waals surface area contributed by atoms with Crippen molar-refractivity contribution in [3.8, 4) is 5.75 Å². The van der Waals surface area contributed by atoms with Crippen LogP contribution in [0.15, 0.2) is 18.2 Å². The lowest BCUT2D eigenvalue weighted by molar-refractivity contribution is 0.152. The summed E-state index contributed by atoms with van der Waals surface area (Å²) in [5.74, 6) is 1.31. The van der Waals surface area contributed by atoms with Crippen LogP contribution < -0.4 is 15.2 Å². The predicted octanol–water partition coefficient (Wildman–Crippen LogP) is 5.33. The third-order valence-electron chi connectivity index (χ3n) is 6.51. The van der Waals surface area contributed by atoms with Crippen molar-refractivity contribution in [2.45, 2.75) is 115 Å². The third kappa shape index (κ3) is 5.75. The first-order valence-electron chi connectivity index (χ1n) is 11.2. The summed E-state index contributed by atoms with van der Waals surface area (Å²) in [6.07, 6.45) is 4.04. The normalized spacial score (nSPS) is 26.0. The van der Waals surface area contributed by atoms with Gasteiger partial charge in [0.15, 0.2) is 0 Å². The molecule has 6 heteroatoms. The van der Waals surface area contributed by atoms with E-state index in [0.29, 0.717) is 17.6 Å². The number of hydrogen-bond acceptors (Lipinski definition) is 5. The molecule has 0 amide bonds. The number of rotatable bonds is 4. The monoisotopic (exact) mass is 436 g/mol. The van der Waals surface area contributed by atoms with E-state index in [4.69, 9.17) is 4.52 Å². The van der Waals surface area contributed by atoms with Gasteiger partial charge in [-0.1, -0.05) is 12.1 Å². The molecule has 0 bridgehead atoms. The van der Waals surface area contributed by atoms with E-state index in [1.54, 1.807) is 0 Å². The van der Waals surface area contributed by atoms with Gasteiger partial charge in [0.2, 0.25) is 0 Å². The van der Waals surface area contributed by atoms with Gasteiger partial charge in [-0.25, -0.2) is 0 Å². The molecule has 5 nitrogen and oxygen atoms in total. The van der Waals surface area contributed by atoms with Crippen LogP contribution in [0.3, 0.4) is 0 Å². The molecule has 4 N–H and O–H groups in total. The molecule has 0 aromatic heterocycles. The molecule has 2 aliphatic rings. The summed E-state index contributed by atoms with van der Waals surface area (Å²) in [6.45, 7) is 18.1. The Balaban J connectivity index is 2.10. The number of benzene rings is 1. The summed E-state index contributed by atoms with van der Waals surface area (Å²) in [5, 5.41) is 7.56. The Labute approximate surface area is 184 Å². The Kier molecular flexibility index (Phi) is 6.39. The molecule has 0 saturated carbocycles. The van der Waals surface area contributed by atoms with Crippen molar-refractivity contribution >= 4 is 8.60 Å². The molecule has 2 aliphatic heterocycles. The lowest BCUT2D eigenvalue weighted by Gasteiger charge is -2.49. The zero-order valence-corrected chi connectivity index (χ0v) is 20.9. The molecule has 2 heterocycles. The van der Waals surface area contributed by atoms with Crippen molar-refractivity contribution in [2.75, 3.05) is 0 Å². The average Bonchev–Trinajstić information content (AvgIpc) is 2.47. The quantitative estimate of drug-likeness (QED) is 0.481. The maximum Gasteiger partial charge on any atom is 0.391 e. The van der Waals surface area contributed by atoms with E-state index in [-0.39, 0.29) is 22.2 Å². The van der Waals surface area contributed by atoms with Crippen LogP contribution in [0.5, 0.6) is 5.75 Å². The second kappa shape index (κ2) is 8.01. The van der Waals surface area contributed by atoms with Gasteiger partial charge in [-0.15, -0.1) is 0 Å². The highest BCUT2D eigenvalue weighted by Gasteiger charge is 2.43. The van der Waals surface area contributed by atoms with Gasteiger partial charge in [0.25, 0.3) is 0 Å². The molecule has 30 heavy (non-hydrogen) atoms. The first-order chi connectivity index (χ1) is 13.6. The summed E-state index contributed by atoms with van der Waals surface area (Å²) >= 11 is 0. The first kappa shape index (κ1) is 23.9. The van der Waals surface area contributed by atoms with Gasteiger partial charge in [0.05, 0.1) is 0 Å². The first-order valence-corrected chi connectivity index (χ1v) is 12.3. The highest BCUT2D eigenvalue weighted by Crippen LogP contribution is 2.50. The molecule has 1 aromatic carbocycles. The standard InChI is InChI=1S/C24H41N2O3P/c1-21(2)12-16(13-22(3,4)25-21)18-10-9-11-19(29-30(27)28)20(18)17-14-23(5,6)26-24(7,8)15-17/h9-11,16-17,25-28H,12-15H2,1-8H3. The molecule has 2 saturated heterocycles. The van der Waals surface area contributed by atoms with Gasteiger partial charge >= 0.3 is 8.60 Å².